The molecule has 1 fully saturated rings. The smallest absolute Gasteiger partial charge is 0.387 e. The van der Waals surface area contributed by atoms with Gasteiger partial charge < -0.3 is 20.1 Å². The topological polar surface area (TPSA) is 76.7 Å². The molecule has 0 aliphatic carbocycles. The van der Waals surface area contributed by atoms with Crippen LogP contribution < -0.4 is 20.1 Å². The third-order valence-electron chi connectivity index (χ3n) is 4.18. The maximum absolute atomic E-state index is 12.7. The van der Waals surface area contributed by atoms with Crippen molar-refractivity contribution < 1.29 is 27.8 Å². The number of anilines is 1. The third kappa shape index (κ3) is 4.52. The number of carbonyl (C=O) groups is 2. The molecule has 0 spiro atoms. The van der Waals surface area contributed by atoms with Crippen molar-refractivity contribution >= 4 is 17.5 Å². The summed E-state index contributed by atoms with van der Waals surface area (Å²) in [5.74, 6) is 0.0812. The average Bonchev–Trinajstić information content (AvgIpc) is 3.09. The van der Waals surface area contributed by atoms with Crippen LogP contribution in [0.15, 0.2) is 42.5 Å². The minimum atomic E-state index is -2.98. The van der Waals surface area contributed by atoms with E-state index < -0.39 is 12.7 Å². The first-order chi connectivity index (χ1) is 13.0. The summed E-state index contributed by atoms with van der Waals surface area (Å²) in [4.78, 5) is 23.5. The van der Waals surface area contributed by atoms with Gasteiger partial charge >= 0.3 is 6.61 Å². The van der Waals surface area contributed by atoms with E-state index in [-0.39, 0.29) is 17.6 Å². The van der Waals surface area contributed by atoms with Gasteiger partial charge in [-0.2, -0.15) is 8.78 Å². The molecule has 2 aromatic carbocycles. The summed E-state index contributed by atoms with van der Waals surface area (Å²) in [6, 6.07) is 10.6. The molecule has 0 saturated carbocycles. The molecule has 0 radical (unpaired) electrons. The molecular weight excluding hydrogens is 358 g/mol. The second-order valence-corrected chi connectivity index (χ2v) is 5.97. The zero-order valence-corrected chi connectivity index (χ0v) is 14.5. The van der Waals surface area contributed by atoms with Crippen LogP contribution in [0.2, 0.25) is 0 Å². The van der Waals surface area contributed by atoms with Gasteiger partial charge in [-0.1, -0.05) is 12.1 Å². The number of benzene rings is 2. The Kier molecular flexibility index (Phi) is 5.54. The van der Waals surface area contributed by atoms with E-state index in [2.05, 4.69) is 15.4 Å². The summed E-state index contributed by atoms with van der Waals surface area (Å²) >= 11 is 0. The monoisotopic (exact) mass is 376 g/mol. The standard InChI is InChI=1S/C19H18F2N2O4/c1-26-13-5-2-11(3-6-13)14-10-12(4-8-16(14)27-19(20)21)22-18(25)15-7-9-17(24)23-15/h2-6,8,10,15,19H,7,9H2,1H3,(H,22,25)(H,23,24)/t15-/m0/s1. The molecule has 2 aromatic rings. The van der Waals surface area contributed by atoms with E-state index in [1.165, 1.54) is 19.2 Å². The van der Waals surface area contributed by atoms with Crippen LogP contribution in [0.1, 0.15) is 12.8 Å². The average molecular weight is 376 g/mol. The summed E-state index contributed by atoms with van der Waals surface area (Å²) in [5, 5.41) is 5.28. The number of methoxy groups -OCH3 is 1. The third-order valence-corrected chi connectivity index (χ3v) is 4.18. The highest BCUT2D eigenvalue weighted by Crippen LogP contribution is 2.34. The molecule has 1 aliphatic rings. The molecule has 1 aliphatic heterocycles. The van der Waals surface area contributed by atoms with Gasteiger partial charge in [0.1, 0.15) is 17.5 Å². The van der Waals surface area contributed by atoms with E-state index in [9.17, 15) is 18.4 Å². The summed E-state index contributed by atoms with van der Waals surface area (Å²) in [5.41, 5.74) is 1.43. The van der Waals surface area contributed by atoms with Gasteiger partial charge in [0.05, 0.1) is 7.11 Å². The fourth-order valence-electron chi connectivity index (χ4n) is 2.84. The fraction of sp³-hybridized carbons (Fsp3) is 0.263. The van der Waals surface area contributed by atoms with Crippen molar-refractivity contribution in [2.45, 2.75) is 25.5 Å². The van der Waals surface area contributed by atoms with Gasteiger partial charge in [0.2, 0.25) is 11.8 Å². The fourth-order valence-corrected chi connectivity index (χ4v) is 2.84. The molecule has 2 amide bonds. The van der Waals surface area contributed by atoms with Crippen molar-refractivity contribution in [1.29, 1.82) is 0 Å². The van der Waals surface area contributed by atoms with Crippen LogP contribution in [0.25, 0.3) is 11.1 Å². The van der Waals surface area contributed by atoms with Crippen molar-refractivity contribution in [3.05, 3.63) is 42.5 Å². The molecule has 2 N–H and O–H groups in total. The summed E-state index contributed by atoms with van der Waals surface area (Å²) in [7, 11) is 1.53. The van der Waals surface area contributed by atoms with E-state index in [0.29, 0.717) is 35.4 Å². The lowest BCUT2D eigenvalue weighted by atomic mass is 10.0. The van der Waals surface area contributed by atoms with Gasteiger partial charge in [-0.3, -0.25) is 9.59 Å². The molecule has 8 heteroatoms. The predicted octanol–water partition coefficient (Wildman–Crippen LogP) is 3.18. The maximum Gasteiger partial charge on any atom is 0.387 e. The van der Waals surface area contributed by atoms with Gasteiger partial charge in [-0.15, -0.1) is 0 Å². The van der Waals surface area contributed by atoms with Crippen LogP contribution in [0.5, 0.6) is 11.5 Å². The second-order valence-electron chi connectivity index (χ2n) is 5.97. The number of hydrogen-bond donors (Lipinski definition) is 2. The summed E-state index contributed by atoms with van der Waals surface area (Å²) in [6.45, 7) is -2.98. The quantitative estimate of drug-likeness (QED) is 0.812. The van der Waals surface area contributed by atoms with E-state index in [0.717, 1.165) is 0 Å². The number of alkyl halides is 2. The van der Waals surface area contributed by atoms with Gasteiger partial charge in [0, 0.05) is 17.7 Å². The Morgan fingerprint density at radius 2 is 1.96 bits per heavy atom. The van der Waals surface area contributed by atoms with Crippen molar-refractivity contribution in [2.24, 2.45) is 0 Å². The van der Waals surface area contributed by atoms with E-state index in [1.54, 1.807) is 30.3 Å². The highest BCUT2D eigenvalue weighted by Gasteiger charge is 2.27. The van der Waals surface area contributed by atoms with Crippen LogP contribution in [0.4, 0.5) is 14.5 Å². The normalized spacial score (nSPS) is 16.1. The zero-order chi connectivity index (χ0) is 19.4. The van der Waals surface area contributed by atoms with E-state index in [4.69, 9.17) is 4.74 Å². The van der Waals surface area contributed by atoms with E-state index in [1.807, 2.05) is 0 Å². The lowest BCUT2D eigenvalue weighted by Crippen LogP contribution is -2.37. The number of amides is 2. The molecule has 0 bridgehead atoms. The number of carbonyl (C=O) groups excluding carboxylic acids is 2. The molecule has 27 heavy (non-hydrogen) atoms. The molecule has 6 nitrogen and oxygen atoms in total. The first-order valence-corrected chi connectivity index (χ1v) is 8.30. The highest BCUT2D eigenvalue weighted by molar-refractivity contribution is 5.99. The Bertz CT molecular complexity index is 840. The molecule has 142 valence electrons. The maximum atomic E-state index is 12.7. The molecule has 0 aromatic heterocycles. The van der Waals surface area contributed by atoms with Crippen LogP contribution >= 0.6 is 0 Å². The number of hydrogen-bond acceptors (Lipinski definition) is 4. The zero-order valence-electron chi connectivity index (χ0n) is 14.5. The number of rotatable bonds is 6. The number of nitrogens with one attached hydrogen (secondary N) is 2. The number of ether oxygens (including phenoxy) is 2. The van der Waals surface area contributed by atoms with Crippen molar-refractivity contribution in [2.75, 3.05) is 12.4 Å². The molecule has 1 atom stereocenters. The Morgan fingerprint density at radius 1 is 1.22 bits per heavy atom. The van der Waals surface area contributed by atoms with Crippen LogP contribution in [-0.2, 0) is 9.59 Å². The minimum Gasteiger partial charge on any atom is -0.497 e. The predicted molar refractivity (Wildman–Crippen MR) is 94.9 cm³/mol. The largest absolute Gasteiger partial charge is 0.497 e. The second kappa shape index (κ2) is 8.03. The van der Waals surface area contributed by atoms with Crippen molar-refractivity contribution in [1.82, 2.24) is 5.32 Å². The molecular formula is C19H18F2N2O4. The number of halogens is 2. The lowest BCUT2D eigenvalue weighted by molar-refractivity contribution is -0.122. The Balaban J connectivity index is 1.87. The molecule has 0 unspecified atom stereocenters. The first-order valence-electron chi connectivity index (χ1n) is 8.30. The van der Waals surface area contributed by atoms with Gasteiger partial charge in [-0.25, -0.2) is 0 Å². The van der Waals surface area contributed by atoms with Crippen molar-refractivity contribution in [3.8, 4) is 22.6 Å². The van der Waals surface area contributed by atoms with Gasteiger partial charge in [0.25, 0.3) is 0 Å². The van der Waals surface area contributed by atoms with Crippen LogP contribution in [-0.4, -0.2) is 31.6 Å². The Morgan fingerprint density at radius 3 is 2.56 bits per heavy atom. The van der Waals surface area contributed by atoms with Crippen molar-refractivity contribution in [3.63, 3.8) is 0 Å². The minimum absolute atomic E-state index is 0.0117. The Labute approximate surface area is 154 Å². The first kappa shape index (κ1) is 18.6. The SMILES string of the molecule is COc1ccc(-c2cc(NC(=O)[C@@H]3CCC(=O)N3)ccc2OC(F)F)cc1. The lowest BCUT2D eigenvalue weighted by Gasteiger charge is -2.15. The summed E-state index contributed by atoms with van der Waals surface area (Å²) in [6.07, 6.45) is 0.721. The Hall–Kier alpha value is -3.16. The van der Waals surface area contributed by atoms with Gasteiger partial charge in [0.15, 0.2) is 0 Å². The van der Waals surface area contributed by atoms with Crippen LogP contribution in [0, 0.1) is 0 Å². The van der Waals surface area contributed by atoms with Gasteiger partial charge in [-0.05, 0) is 42.3 Å². The molecule has 1 saturated heterocycles. The highest BCUT2D eigenvalue weighted by atomic mass is 19.3. The van der Waals surface area contributed by atoms with E-state index >= 15 is 0 Å². The summed E-state index contributed by atoms with van der Waals surface area (Å²) < 4.78 is 35.2. The molecule has 3 rings (SSSR count). The van der Waals surface area contributed by atoms with Crippen LogP contribution in [0.3, 0.4) is 0 Å². The molecule has 1 heterocycles.